The van der Waals surface area contributed by atoms with Crippen LogP contribution < -0.4 is 4.90 Å². The summed E-state index contributed by atoms with van der Waals surface area (Å²) < 4.78 is 0. The second kappa shape index (κ2) is 4.42. The van der Waals surface area contributed by atoms with E-state index in [0.717, 1.165) is 5.69 Å². The standard InChI is InChI=1S/C12H13N3O2/c1-8-6-15(7-9(8)12(16)17)11-3-2-4-14-10(11)5-13/h2-4,8-9H,6-7H2,1H3,(H,16,17). The summed E-state index contributed by atoms with van der Waals surface area (Å²) in [5, 5.41) is 18.0. The van der Waals surface area contributed by atoms with Crippen LogP contribution in [0, 0.1) is 23.2 Å². The number of nitrogens with zero attached hydrogens (tertiary/aromatic N) is 3. The fraction of sp³-hybridized carbons (Fsp3) is 0.417. The summed E-state index contributed by atoms with van der Waals surface area (Å²) in [5.41, 5.74) is 1.08. The van der Waals surface area contributed by atoms with Gasteiger partial charge in [-0.2, -0.15) is 5.26 Å². The number of carboxylic acid groups (broad SMARTS) is 1. The van der Waals surface area contributed by atoms with Gasteiger partial charge in [-0.1, -0.05) is 6.92 Å². The molecule has 0 amide bonds. The van der Waals surface area contributed by atoms with Crippen molar-refractivity contribution in [3.63, 3.8) is 0 Å². The summed E-state index contributed by atoms with van der Waals surface area (Å²) in [6.45, 7) is 3.01. The SMILES string of the molecule is CC1CN(c2cccnc2C#N)CC1C(=O)O. The molecule has 2 rings (SSSR count). The number of carbonyl (C=O) groups is 1. The molecule has 0 radical (unpaired) electrons. The Hall–Kier alpha value is -2.09. The van der Waals surface area contributed by atoms with E-state index in [1.807, 2.05) is 24.0 Å². The van der Waals surface area contributed by atoms with Gasteiger partial charge in [-0.25, -0.2) is 4.98 Å². The van der Waals surface area contributed by atoms with Crippen LogP contribution in [-0.2, 0) is 4.79 Å². The van der Waals surface area contributed by atoms with E-state index in [-0.39, 0.29) is 11.8 Å². The molecule has 0 bridgehead atoms. The second-order valence-electron chi connectivity index (χ2n) is 4.31. The molecular weight excluding hydrogens is 218 g/mol. The van der Waals surface area contributed by atoms with Crippen molar-refractivity contribution < 1.29 is 9.90 Å². The highest BCUT2D eigenvalue weighted by Gasteiger charge is 2.35. The van der Waals surface area contributed by atoms with E-state index in [4.69, 9.17) is 10.4 Å². The Kier molecular flexibility index (Phi) is 2.96. The van der Waals surface area contributed by atoms with Crippen molar-refractivity contribution >= 4 is 11.7 Å². The summed E-state index contributed by atoms with van der Waals surface area (Å²) >= 11 is 0. The maximum atomic E-state index is 11.0. The highest BCUT2D eigenvalue weighted by Crippen LogP contribution is 2.29. The molecule has 17 heavy (non-hydrogen) atoms. The van der Waals surface area contributed by atoms with E-state index in [1.54, 1.807) is 12.3 Å². The van der Waals surface area contributed by atoms with Crippen molar-refractivity contribution in [1.82, 2.24) is 4.98 Å². The Labute approximate surface area is 99.3 Å². The zero-order valence-electron chi connectivity index (χ0n) is 9.50. The van der Waals surface area contributed by atoms with Gasteiger partial charge in [0.15, 0.2) is 5.69 Å². The number of hydrogen-bond donors (Lipinski definition) is 1. The monoisotopic (exact) mass is 231 g/mol. The first-order chi connectivity index (χ1) is 8.13. The topological polar surface area (TPSA) is 77.2 Å². The Morgan fingerprint density at radius 1 is 1.65 bits per heavy atom. The van der Waals surface area contributed by atoms with Gasteiger partial charge in [0.05, 0.1) is 11.6 Å². The number of carboxylic acids is 1. The third kappa shape index (κ3) is 2.07. The molecule has 1 aromatic rings. The van der Waals surface area contributed by atoms with Gasteiger partial charge in [-0.3, -0.25) is 4.79 Å². The molecule has 88 valence electrons. The fourth-order valence-electron chi connectivity index (χ4n) is 2.22. The van der Waals surface area contributed by atoms with Crippen molar-refractivity contribution in [1.29, 1.82) is 5.26 Å². The predicted molar refractivity (Wildman–Crippen MR) is 61.5 cm³/mol. The smallest absolute Gasteiger partial charge is 0.308 e. The molecule has 5 nitrogen and oxygen atoms in total. The zero-order chi connectivity index (χ0) is 12.4. The summed E-state index contributed by atoms with van der Waals surface area (Å²) in [5.74, 6) is -1.07. The molecule has 1 aliphatic rings. The summed E-state index contributed by atoms with van der Waals surface area (Å²) in [6.07, 6.45) is 1.57. The number of rotatable bonds is 2. The second-order valence-corrected chi connectivity index (χ2v) is 4.31. The van der Waals surface area contributed by atoms with Gasteiger partial charge < -0.3 is 10.0 Å². The third-order valence-electron chi connectivity index (χ3n) is 3.16. The molecule has 0 saturated carbocycles. The molecule has 1 aliphatic heterocycles. The van der Waals surface area contributed by atoms with Gasteiger partial charge in [0.25, 0.3) is 0 Å². The number of pyridine rings is 1. The van der Waals surface area contributed by atoms with E-state index in [0.29, 0.717) is 18.8 Å². The zero-order valence-corrected chi connectivity index (χ0v) is 9.50. The molecule has 1 saturated heterocycles. The Bertz CT molecular complexity index is 481. The summed E-state index contributed by atoms with van der Waals surface area (Å²) in [4.78, 5) is 16.9. The summed E-state index contributed by atoms with van der Waals surface area (Å²) in [6, 6.07) is 5.60. The first-order valence-electron chi connectivity index (χ1n) is 5.46. The maximum Gasteiger partial charge on any atom is 0.308 e. The molecule has 1 fully saturated rings. The molecule has 0 aliphatic carbocycles. The highest BCUT2D eigenvalue weighted by atomic mass is 16.4. The van der Waals surface area contributed by atoms with Crippen LogP contribution in [0.4, 0.5) is 5.69 Å². The van der Waals surface area contributed by atoms with E-state index >= 15 is 0 Å². The highest BCUT2D eigenvalue weighted by molar-refractivity contribution is 5.73. The predicted octanol–water partition coefficient (Wildman–Crippen LogP) is 1.11. The van der Waals surface area contributed by atoms with E-state index in [2.05, 4.69) is 4.98 Å². The molecule has 2 unspecified atom stereocenters. The van der Waals surface area contributed by atoms with Gasteiger partial charge >= 0.3 is 5.97 Å². The quantitative estimate of drug-likeness (QED) is 0.825. The van der Waals surface area contributed by atoms with E-state index < -0.39 is 5.97 Å². The summed E-state index contributed by atoms with van der Waals surface area (Å²) in [7, 11) is 0. The van der Waals surface area contributed by atoms with Crippen molar-refractivity contribution in [3.8, 4) is 6.07 Å². The Balaban J connectivity index is 2.26. The molecule has 0 spiro atoms. The maximum absolute atomic E-state index is 11.0. The number of anilines is 1. The van der Waals surface area contributed by atoms with Crippen molar-refractivity contribution in [2.24, 2.45) is 11.8 Å². The number of aliphatic carboxylic acids is 1. The average molecular weight is 231 g/mol. The lowest BCUT2D eigenvalue weighted by Gasteiger charge is -2.18. The molecule has 5 heteroatoms. The van der Waals surface area contributed by atoms with Crippen LogP contribution in [0.3, 0.4) is 0 Å². The number of hydrogen-bond acceptors (Lipinski definition) is 4. The lowest BCUT2D eigenvalue weighted by atomic mass is 9.99. The normalized spacial score (nSPS) is 23.4. The largest absolute Gasteiger partial charge is 0.481 e. The van der Waals surface area contributed by atoms with Crippen LogP contribution in [0.5, 0.6) is 0 Å². The van der Waals surface area contributed by atoms with Gasteiger partial charge in [0.1, 0.15) is 6.07 Å². The third-order valence-corrected chi connectivity index (χ3v) is 3.16. The number of nitriles is 1. The first kappa shape index (κ1) is 11.4. The fourth-order valence-corrected chi connectivity index (χ4v) is 2.22. The van der Waals surface area contributed by atoms with Crippen molar-refractivity contribution in [2.45, 2.75) is 6.92 Å². The molecule has 0 aromatic carbocycles. The van der Waals surface area contributed by atoms with Crippen LogP contribution >= 0.6 is 0 Å². The molecule has 2 atom stereocenters. The van der Waals surface area contributed by atoms with Gasteiger partial charge in [0, 0.05) is 19.3 Å². The van der Waals surface area contributed by atoms with Crippen LogP contribution in [0.25, 0.3) is 0 Å². The van der Waals surface area contributed by atoms with E-state index in [1.165, 1.54) is 0 Å². The minimum atomic E-state index is -0.776. The number of aromatic nitrogens is 1. The van der Waals surface area contributed by atoms with Gasteiger partial charge in [-0.15, -0.1) is 0 Å². The van der Waals surface area contributed by atoms with Crippen LogP contribution in [-0.4, -0.2) is 29.1 Å². The Morgan fingerprint density at radius 2 is 2.41 bits per heavy atom. The van der Waals surface area contributed by atoms with E-state index in [9.17, 15) is 4.79 Å². The van der Waals surface area contributed by atoms with Crippen LogP contribution in [0.2, 0.25) is 0 Å². The molecule has 1 N–H and O–H groups in total. The van der Waals surface area contributed by atoms with Gasteiger partial charge in [-0.05, 0) is 18.1 Å². The van der Waals surface area contributed by atoms with Crippen LogP contribution in [0.1, 0.15) is 12.6 Å². The lowest BCUT2D eigenvalue weighted by molar-refractivity contribution is -0.142. The minimum absolute atomic E-state index is 0.0826. The molecule has 2 heterocycles. The van der Waals surface area contributed by atoms with Crippen molar-refractivity contribution in [3.05, 3.63) is 24.0 Å². The minimum Gasteiger partial charge on any atom is -0.481 e. The van der Waals surface area contributed by atoms with Crippen molar-refractivity contribution in [2.75, 3.05) is 18.0 Å². The lowest BCUT2D eigenvalue weighted by Crippen LogP contribution is -2.23. The van der Waals surface area contributed by atoms with Gasteiger partial charge in [0.2, 0.25) is 0 Å². The average Bonchev–Trinajstić information content (AvgIpc) is 2.71. The first-order valence-corrected chi connectivity index (χ1v) is 5.46. The molecular formula is C12H13N3O2. The molecule has 1 aromatic heterocycles. The van der Waals surface area contributed by atoms with Crippen LogP contribution in [0.15, 0.2) is 18.3 Å². The Morgan fingerprint density at radius 3 is 3.00 bits per heavy atom.